The van der Waals surface area contributed by atoms with Crippen LogP contribution < -0.4 is 0 Å². The quantitative estimate of drug-likeness (QED) is 0.858. The number of rotatable bonds is 4. The minimum atomic E-state index is -0.576. The van der Waals surface area contributed by atoms with Gasteiger partial charge in [-0.3, -0.25) is 0 Å². The predicted molar refractivity (Wildman–Crippen MR) is 80.7 cm³/mol. The molecule has 0 unspecified atom stereocenters. The van der Waals surface area contributed by atoms with E-state index in [0.29, 0.717) is 18.8 Å². The Kier molecular flexibility index (Phi) is 4.52. The van der Waals surface area contributed by atoms with Gasteiger partial charge in [-0.05, 0) is 13.0 Å². The molecule has 116 valence electrons. The van der Waals surface area contributed by atoms with Gasteiger partial charge in [0.2, 0.25) is 0 Å². The number of ether oxygens (including phenoxy) is 3. The first-order chi connectivity index (χ1) is 10.7. The van der Waals surface area contributed by atoms with E-state index in [4.69, 9.17) is 14.2 Å². The molecule has 1 fully saturated rings. The third-order valence-corrected chi connectivity index (χ3v) is 3.69. The highest BCUT2D eigenvalue weighted by Crippen LogP contribution is 2.29. The lowest BCUT2D eigenvalue weighted by Gasteiger charge is -2.37. The van der Waals surface area contributed by atoms with Crippen molar-refractivity contribution in [3.05, 3.63) is 71.5 Å². The molecule has 0 saturated carbocycles. The van der Waals surface area contributed by atoms with Crippen LogP contribution in [0.4, 0.5) is 4.39 Å². The predicted octanol–water partition coefficient (Wildman–Crippen LogP) is 3.85. The second kappa shape index (κ2) is 6.57. The average molecular weight is 302 g/mol. The monoisotopic (exact) mass is 302 g/mol. The molecule has 0 amide bonds. The molecule has 4 heteroatoms. The van der Waals surface area contributed by atoms with E-state index in [1.54, 1.807) is 18.2 Å². The van der Waals surface area contributed by atoms with E-state index in [-0.39, 0.29) is 18.7 Å². The van der Waals surface area contributed by atoms with Crippen molar-refractivity contribution in [3.63, 3.8) is 0 Å². The Morgan fingerprint density at radius 2 is 1.68 bits per heavy atom. The first-order valence-corrected chi connectivity index (χ1v) is 7.32. The second-order valence-electron chi connectivity index (χ2n) is 5.69. The number of benzene rings is 2. The summed E-state index contributed by atoms with van der Waals surface area (Å²) in [6, 6.07) is 16.4. The fraction of sp³-hybridized carbons (Fsp3) is 0.333. The van der Waals surface area contributed by atoms with E-state index in [1.807, 2.05) is 37.3 Å². The molecule has 2 aromatic carbocycles. The van der Waals surface area contributed by atoms with E-state index < -0.39 is 5.60 Å². The Morgan fingerprint density at radius 3 is 2.36 bits per heavy atom. The summed E-state index contributed by atoms with van der Waals surface area (Å²) in [7, 11) is 0. The van der Waals surface area contributed by atoms with Crippen molar-refractivity contribution in [3.8, 4) is 0 Å². The van der Waals surface area contributed by atoms with Crippen molar-refractivity contribution < 1.29 is 18.6 Å². The van der Waals surface area contributed by atoms with E-state index in [1.165, 1.54) is 6.07 Å². The summed E-state index contributed by atoms with van der Waals surface area (Å²) in [4.78, 5) is 0. The van der Waals surface area contributed by atoms with Gasteiger partial charge in [0, 0.05) is 11.1 Å². The zero-order valence-electron chi connectivity index (χ0n) is 12.5. The van der Waals surface area contributed by atoms with Gasteiger partial charge in [-0.1, -0.05) is 48.5 Å². The fourth-order valence-electron chi connectivity index (χ4n) is 2.35. The van der Waals surface area contributed by atoms with Crippen LogP contribution in [0.3, 0.4) is 0 Å². The summed E-state index contributed by atoms with van der Waals surface area (Å²) in [5, 5.41) is 0. The zero-order chi connectivity index (χ0) is 15.4. The van der Waals surface area contributed by atoms with Gasteiger partial charge in [-0.15, -0.1) is 0 Å². The first-order valence-electron chi connectivity index (χ1n) is 7.32. The topological polar surface area (TPSA) is 27.7 Å². The Morgan fingerprint density at radius 1 is 1.05 bits per heavy atom. The van der Waals surface area contributed by atoms with Crippen molar-refractivity contribution in [2.45, 2.75) is 25.4 Å². The van der Waals surface area contributed by atoms with Crippen molar-refractivity contribution in [1.82, 2.24) is 0 Å². The van der Waals surface area contributed by atoms with Crippen molar-refractivity contribution in [2.24, 2.45) is 0 Å². The molecule has 0 N–H and O–H groups in total. The Hall–Kier alpha value is -1.75. The fourth-order valence-corrected chi connectivity index (χ4v) is 2.35. The summed E-state index contributed by atoms with van der Waals surface area (Å²) in [6.07, 6.45) is -0.369. The van der Waals surface area contributed by atoms with Crippen LogP contribution >= 0.6 is 0 Å². The molecule has 0 atom stereocenters. The van der Waals surface area contributed by atoms with Crippen molar-refractivity contribution in [1.29, 1.82) is 0 Å². The Bertz CT molecular complexity index is 607. The van der Waals surface area contributed by atoms with Crippen molar-refractivity contribution >= 4 is 0 Å². The van der Waals surface area contributed by atoms with Crippen LogP contribution in [0.1, 0.15) is 24.3 Å². The van der Waals surface area contributed by atoms with Crippen LogP contribution in [0.25, 0.3) is 0 Å². The molecule has 1 aliphatic rings. The summed E-state index contributed by atoms with van der Waals surface area (Å²) >= 11 is 0. The van der Waals surface area contributed by atoms with Crippen LogP contribution in [0.2, 0.25) is 0 Å². The molecular formula is C18H19FO3. The lowest BCUT2D eigenvalue weighted by molar-refractivity contribution is -0.267. The summed E-state index contributed by atoms with van der Waals surface area (Å²) in [6.45, 7) is 2.92. The lowest BCUT2D eigenvalue weighted by atomic mass is 10.1. The molecule has 0 radical (unpaired) electrons. The number of hydrogen-bond donors (Lipinski definition) is 0. The summed E-state index contributed by atoms with van der Waals surface area (Å²) in [5.74, 6) is -0.258. The molecule has 3 rings (SSSR count). The van der Waals surface area contributed by atoms with Crippen LogP contribution in [-0.2, 0) is 20.8 Å². The number of halogens is 1. The van der Waals surface area contributed by atoms with Crippen molar-refractivity contribution in [2.75, 3.05) is 13.2 Å². The van der Waals surface area contributed by atoms with Crippen LogP contribution in [0.15, 0.2) is 54.6 Å². The zero-order valence-corrected chi connectivity index (χ0v) is 12.5. The molecule has 1 heterocycles. The molecule has 0 aromatic heterocycles. The normalized spacial score (nSPS) is 25.1. The van der Waals surface area contributed by atoms with E-state index in [0.717, 1.165) is 5.56 Å². The summed E-state index contributed by atoms with van der Waals surface area (Å²) < 4.78 is 31.0. The largest absolute Gasteiger partial charge is 0.366 e. The molecule has 1 saturated heterocycles. The molecule has 2 aromatic rings. The second-order valence-corrected chi connectivity index (χ2v) is 5.69. The highest BCUT2D eigenvalue weighted by Gasteiger charge is 2.34. The molecular weight excluding hydrogens is 283 g/mol. The standard InChI is InChI=1S/C18H19FO3/c1-18(22-11-15-9-5-6-10-16(15)19)12-20-17(21-13-18)14-7-3-2-4-8-14/h2-10,17H,11-13H2,1H3/t17-,18-. The minimum absolute atomic E-state index is 0.200. The van der Waals surface area contributed by atoms with Gasteiger partial charge < -0.3 is 14.2 Å². The van der Waals surface area contributed by atoms with Gasteiger partial charge in [-0.2, -0.15) is 0 Å². The Balaban J connectivity index is 1.57. The maximum absolute atomic E-state index is 13.6. The smallest absolute Gasteiger partial charge is 0.184 e. The number of hydrogen-bond acceptors (Lipinski definition) is 3. The highest BCUT2D eigenvalue weighted by atomic mass is 19.1. The average Bonchev–Trinajstić information content (AvgIpc) is 2.56. The van der Waals surface area contributed by atoms with Gasteiger partial charge in [-0.25, -0.2) is 4.39 Å². The summed E-state index contributed by atoms with van der Waals surface area (Å²) in [5.41, 5.74) is 0.945. The van der Waals surface area contributed by atoms with Crippen LogP contribution in [0.5, 0.6) is 0 Å². The van der Waals surface area contributed by atoms with E-state index in [9.17, 15) is 4.39 Å². The van der Waals surface area contributed by atoms with Gasteiger partial charge in [0.25, 0.3) is 0 Å². The third-order valence-electron chi connectivity index (χ3n) is 3.69. The SMILES string of the molecule is C[C@]1(OCc2ccccc2F)CO[C@H](c2ccccc2)OC1. The maximum atomic E-state index is 13.6. The van der Waals surface area contributed by atoms with Gasteiger partial charge in [0.05, 0.1) is 19.8 Å². The van der Waals surface area contributed by atoms with Crippen LogP contribution in [-0.4, -0.2) is 18.8 Å². The van der Waals surface area contributed by atoms with Gasteiger partial charge in [0.15, 0.2) is 6.29 Å². The molecule has 22 heavy (non-hydrogen) atoms. The molecule has 0 aliphatic carbocycles. The lowest BCUT2D eigenvalue weighted by Crippen LogP contribution is -2.44. The van der Waals surface area contributed by atoms with E-state index >= 15 is 0 Å². The maximum Gasteiger partial charge on any atom is 0.184 e. The highest BCUT2D eigenvalue weighted by molar-refractivity contribution is 5.17. The molecule has 3 nitrogen and oxygen atoms in total. The minimum Gasteiger partial charge on any atom is -0.366 e. The Labute approximate surface area is 129 Å². The molecule has 1 aliphatic heterocycles. The molecule has 0 spiro atoms. The van der Waals surface area contributed by atoms with Crippen LogP contribution in [0, 0.1) is 5.82 Å². The molecule has 0 bridgehead atoms. The van der Waals surface area contributed by atoms with Gasteiger partial charge in [0.1, 0.15) is 11.4 Å². The first kappa shape index (κ1) is 15.2. The third kappa shape index (κ3) is 3.53. The van der Waals surface area contributed by atoms with Gasteiger partial charge >= 0.3 is 0 Å². The van der Waals surface area contributed by atoms with E-state index in [2.05, 4.69) is 0 Å².